The SMILES string of the molecule is CC1(NC(=O)CCc2cccc(N)c2)CCOCC1. The first-order valence-electron chi connectivity index (χ1n) is 6.81. The predicted molar refractivity (Wildman–Crippen MR) is 75.8 cm³/mol. The molecule has 0 atom stereocenters. The standard InChI is InChI=1S/C15H22N2O2/c1-15(7-9-19-10-8-15)17-14(18)6-5-12-3-2-4-13(16)11-12/h2-4,11H,5-10,16H2,1H3,(H,17,18). The molecule has 4 nitrogen and oxygen atoms in total. The molecule has 1 fully saturated rings. The molecule has 0 unspecified atom stereocenters. The zero-order valence-corrected chi connectivity index (χ0v) is 11.4. The Bertz CT molecular complexity index is 440. The van der Waals surface area contributed by atoms with E-state index < -0.39 is 0 Å². The minimum atomic E-state index is -0.106. The van der Waals surface area contributed by atoms with E-state index in [1.807, 2.05) is 24.3 Å². The number of nitrogens with one attached hydrogen (secondary N) is 1. The van der Waals surface area contributed by atoms with Crippen LogP contribution in [0.2, 0.25) is 0 Å². The van der Waals surface area contributed by atoms with Crippen LogP contribution in [0.3, 0.4) is 0 Å². The molecule has 0 saturated carbocycles. The molecule has 1 heterocycles. The predicted octanol–water partition coefficient (Wildman–Crippen LogP) is 1.89. The van der Waals surface area contributed by atoms with E-state index in [0.717, 1.165) is 43.7 Å². The minimum absolute atomic E-state index is 0.104. The Hall–Kier alpha value is -1.55. The fraction of sp³-hybridized carbons (Fsp3) is 0.533. The van der Waals surface area contributed by atoms with Crippen LogP contribution in [0, 0.1) is 0 Å². The number of nitrogen functional groups attached to an aromatic ring is 1. The number of amides is 1. The maximum absolute atomic E-state index is 12.0. The Balaban J connectivity index is 1.81. The van der Waals surface area contributed by atoms with Crippen LogP contribution < -0.4 is 11.1 Å². The Morgan fingerprint density at radius 3 is 2.84 bits per heavy atom. The highest BCUT2D eigenvalue weighted by Crippen LogP contribution is 2.20. The summed E-state index contributed by atoms with van der Waals surface area (Å²) in [6, 6.07) is 7.69. The molecule has 0 aliphatic carbocycles. The van der Waals surface area contributed by atoms with Gasteiger partial charge in [0, 0.05) is 30.9 Å². The van der Waals surface area contributed by atoms with Crippen LogP contribution in [-0.4, -0.2) is 24.7 Å². The third kappa shape index (κ3) is 4.24. The average molecular weight is 262 g/mol. The number of carbonyl (C=O) groups is 1. The van der Waals surface area contributed by atoms with Gasteiger partial charge in [-0.2, -0.15) is 0 Å². The summed E-state index contributed by atoms with van der Waals surface area (Å²) in [5, 5.41) is 3.13. The monoisotopic (exact) mass is 262 g/mol. The molecule has 3 N–H and O–H groups in total. The van der Waals surface area contributed by atoms with Crippen LogP contribution in [-0.2, 0) is 16.0 Å². The van der Waals surface area contributed by atoms with Crippen molar-refractivity contribution < 1.29 is 9.53 Å². The lowest BCUT2D eigenvalue weighted by Crippen LogP contribution is -2.49. The first-order chi connectivity index (χ1) is 9.07. The smallest absolute Gasteiger partial charge is 0.220 e. The molecule has 0 radical (unpaired) electrons. The zero-order valence-electron chi connectivity index (χ0n) is 11.4. The molecular formula is C15H22N2O2. The number of anilines is 1. The van der Waals surface area contributed by atoms with E-state index in [-0.39, 0.29) is 11.4 Å². The van der Waals surface area contributed by atoms with Gasteiger partial charge in [-0.15, -0.1) is 0 Å². The lowest BCUT2D eigenvalue weighted by atomic mass is 9.92. The maximum Gasteiger partial charge on any atom is 0.220 e. The van der Waals surface area contributed by atoms with E-state index in [2.05, 4.69) is 12.2 Å². The molecule has 1 aliphatic heterocycles. The van der Waals surface area contributed by atoms with E-state index in [9.17, 15) is 4.79 Å². The van der Waals surface area contributed by atoms with Crippen molar-refractivity contribution in [1.29, 1.82) is 0 Å². The summed E-state index contributed by atoms with van der Waals surface area (Å²) < 4.78 is 5.32. The molecule has 1 aromatic rings. The van der Waals surface area contributed by atoms with Gasteiger partial charge < -0.3 is 15.8 Å². The van der Waals surface area contributed by atoms with Crippen LogP contribution in [0.5, 0.6) is 0 Å². The van der Waals surface area contributed by atoms with Gasteiger partial charge in [-0.3, -0.25) is 4.79 Å². The topological polar surface area (TPSA) is 64.4 Å². The van der Waals surface area contributed by atoms with Gasteiger partial charge in [0.25, 0.3) is 0 Å². The highest BCUT2D eigenvalue weighted by atomic mass is 16.5. The van der Waals surface area contributed by atoms with Crippen molar-refractivity contribution in [2.75, 3.05) is 18.9 Å². The number of hydrogen-bond donors (Lipinski definition) is 2. The van der Waals surface area contributed by atoms with Gasteiger partial charge in [-0.25, -0.2) is 0 Å². The highest BCUT2D eigenvalue weighted by molar-refractivity contribution is 5.77. The Labute approximate surface area is 114 Å². The molecule has 1 saturated heterocycles. The summed E-state index contributed by atoms with van der Waals surface area (Å²) in [5.41, 5.74) is 7.46. The molecular weight excluding hydrogens is 240 g/mol. The fourth-order valence-corrected chi connectivity index (χ4v) is 2.35. The van der Waals surface area contributed by atoms with Crippen LogP contribution in [0.25, 0.3) is 0 Å². The lowest BCUT2D eigenvalue weighted by molar-refractivity contribution is -0.123. The molecule has 0 spiro atoms. The van der Waals surface area contributed by atoms with E-state index >= 15 is 0 Å². The Morgan fingerprint density at radius 1 is 1.42 bits per heavy atom. The van der Waals surface area contributed by atoms with E-state index in [0.29, 0.717) is 6.42 Å². The third-order valence-electron chi connectivity index (χ3n) is 3.63. The normalized spacial score (nSPS) is 17.9. The quantitative estimate of drug-likeness (QED) is 0.814. The summed E-state index contributed by atoms with van der Waals surface area (Å²) in [7, 11) is 0. The summed E-state index contributed by atoms with van der Waals surface area (Å²) in [4.78, 5) is 12.0. The van der Waals surface area contributed by atoms with Gasteiger partial charge in [0.05, 0.1) is 0 Å². The van der Waals surface area contributed by atoms with Gasteiger partial charge in [-0.05, 0) is 43.9 Å². The van der Waals surface area contributed by atoms with Crippen LogP contribution in [0.15, 0.2) is 24.3 Å². The second-order valence-electron chi connectivity index (χ2n) is 5.47. The number of hydrogen-bond acceptors (Lipinski definition) is 3. The molecule has 4 heteroatoms. The summed E-state index contributed by atoms with van der Waals surface area (Å²) >= 11 is 0. The third-order valence-corrected chi connectivity index (χ3v) is 3.63. The second-order valence-corrected chi connectivity index (χ2v) is 5.47. The zero-order chi connectivity index (χ0) is 13.7. The number of nitrogens with two attached hydrogens (primary N) is 1. The van der Waals surface area contributed by atoms with Crippen LogP contribution in [0.1, 0.15) is 31.7 Å². The maximum atomic E-state index is 12.0. The summed E-state index contributed by atoms with van der Waals surface area (Å²) in [6.07, 6.45) is 3.00. The average Bonchev–Trinajstić information content (AvgIpc) is 2.37. The van der Waals surface area contributed by atoms with Crippen LogP contribution in [0.4, 0.5) is 5.69 Å². The van der Waals surface area contributed by atoms with Crippen molar-refractivity contribution >= 4 is 11.6 Å². The second kappa shape index (κ2) is 6.06. The minimum Gasteiger partial charge on any atom is -0.399 e. The number of rotatable bonds is 4. The molecule has 0 aromatic heterocycles. The molecule has 1 aromatic carbocycles. The van der Waals surface area contributed by atoms with Crippen molar-refractivity contribution in [2.24, 2.45) is 0 Å². The van der Waals surface area contributed by atoms with Gasteiger partial charge in [0.2, 0.25) is 5.91 Å². The Morgan fingerprint density at radius 2 is 2.16 bits per heavy atom. The van der Waals surface area contributed by atoms with Crippen molar-refractivity contribution in [3.05, 3.63) is 29.8 Å². The molecule has 104 valence electrons. The van der Waals surface area contributed by atoms with Crippen molar-refractivity contribution in [2.45, 2.75) is 38.1 Å². The number of ether oxygens (including phenoxy) is 1. The first-order valence-corrected chi connectivity index (χ1v) is 6.81. The first kappa shape index (κ1) is 13.9. The molecule has 2 rings (SSSR count). The Kier molecular flexibility index (Phi) is 4.43. The highest BCUT2D eigenvalue weighted by Gasteiger charge is 2.28. The fourth-order valence-electron chi connectivity index (χ4n) is 2.35. The summed E-state index contributed by atoms with van der Waals surface area (Å²) in [6.45, 7) is 3.55. The van der Waals surface area contributed by atoms with Crippen LogP contribution >= 0.6 is 0 Å². The number of carbonyl (C=O) groups excluding carboxylic acids is 1. The molecule has 1 aliphatic rings. The van der Waals surface area contributed by atoms with Crippen molar-refractivity contribution in [3.63, 3.8) is 0 Å². The molecule has 19 heavy (non-hydrogen) atoms. The van der Waals surface area contributed by atoms with Crippen molar-refractivity contribution in [3.8, 4) is 0 Å². The number of benzene rings is 1. The van der Waals surface area contributed by atoms with Gasteiger partial charge >= 0.3 is 0 Å². The molecule has 0 bridgehead atoms. The van der Waals surface area contributed by atoms with Crippen molar-refractivity contribution in [1.82, 2.24) is 5.32 Å². The van der Waals surface area contributed by atoms with E-state index in [1.54, 1.807) is 0 Å². The van der Waals surface area contributed by atoms with Gasteiger partial charge in [0.15, 0.2) is 0 Å². The summed E-state index contributed by atoms with van der Waals surface area (Å²) in [5.74, 6) is 0.104. The number of aryl methyl sites for hydroxylation is 1. The van der Waals surface area contributed by atoms with Gasteiger partial charge in [0.1, 0.15) is 0 Å². The van der Waals surface area contributed by atoms with E-state index in [1.165, 1.54) is 0 Å². The lowest BCUT2D eigenvalue weighted by Gasteiger charge is -2.34. The largest absolute Gasteiger partial charge is 0.399 e. The van der Waals surface area contributed by atoms with Gasteiger partial charge in [-0.1, -0.05) is 12.1 Å². The van der Waals surface area contributed by atoms with E-state index in [4.69, 9.17) is 10.5 Å². The molecule has 1 amide bonds.